The van der Waals surface area contributed by atoms with Gasteiger partial charge >= 0.3 is 0 Å². The van der Waals surface area contributed by atoms with Gasteiger partial charge in [-0.15, -0.1) is 0 Å². The van der Waals surface area contributed by atoms with Crippen molar-refractivity contribution in [2.75, 3.05) is 51.0 Å². The molecule has 0 bridgehead atoms. The fourth-order valence-corrected chi connectivity index (χ4v) is 8.06. The van der Waals surface area contributed by atoms with Crippen LogP contribution in [0.5, 0.6) is 11.5 Å². The Labute approximate surface area is 417 Å². The van der Waals surface area contributed by atoms with Gasteiger partial charge in [0.05, 0.1) is 42.7 Å². The minimum atomic E-state index is -0.764. The van der Waals surface area contributed by atoms with Crippen molar-refractivity contribution in [2.45, 2.75) is 66.7 Å². The van der Waals surface area contributed by atoms with Crippen LogP contribution in [-0.4, -0.2) is 136 Å². The highest BCUT2D eigenvalue weighted by Gasteiger charge is 2.26. The molecule has 25 nitrogen and oxygen atoms in total. The van der Waals surface area contributed by atoms with E-state index in [0.717, 1.165) is 17.1 Å². The summed E-state index contributed by atoms with van der Waals surface area (Å²) in [6.07, 6.45) is 5.94. The van der Waals surface area contributed by atoms with Gasteiger partial charge in [-0.25, -0.2) is 9.97 Å². The number of fused-ring (bicyclic) bond motifs is 2. The molecule has 73 heavy (non-hydrogen) atoms. The number of ether oxygens (including phenoxy) is 2. The molecule has 0 atom stereocenters. The molecule has 0 fully saturated rings. The van der Waals surface area contributed by atoms with E-state index in [2.05, 4.69) is 31.1 Å². The summed E-state index contributed by atoms with van der Waals surface area (Å²) >= 11 is 0. The van der Waals surface area contributed by atoms with Crippen molar-refractivity contribution in [2.24, 2.45) is 11.5 Å². The number of nitrogens with one attached hydrogen (secondary N) is 3. The van der Waals surface area contributed by atoms with Crippen molar-refractivity contribution in [3.63, 3.8) is 0 Å². The predicted molar refractivity (Wildman–Crippen MR) is 265 cm³/mol. The number of rotatable bonds is 23. The Bertz CT molecular complexity index is 3230. The van der Waals surface area contributed by atoms with E-state index in [1.165, 1.54) is 36.3 Å². The number of nitrogens with zero attached hydrogens (tertiary/aromatic N) is 10. The molecule has 4 aromatic heterocycles. The van der Waals surface area contributed by atoms with Crippen LogP contribution in [0.2, 0.25) is 0 Å². The second-order valence-corrected chi connectivity index (χ2v) is 16.8. The number of allylic oxidation sites excluding steroid dienone is 2. The van der Waals surface area contributed by atoms with E-state index in [-0.39, 0.29) is 91.5 Å². The number of imidazole rings is 2. The van der Waals surface area contributed by atoms with E-state index >= 15 is 0 Å². The first kappa shape index (κ1) is 51.7. The molecule has 8 amide bonds. The van der Waals surface area contributed by atoms with E-state index in [1.807, 2.05) is 13.8 Å². The minimum absolute atomic E-state index is 0.0327. The number of nitrogens with two attached hydrogens (primary N) is 2. The zero-order valence-electron chi connectivity index (χ0n) is 41.1. The minimum Gasteiger partial charge on any atom is -0.494 e. The van der Waals surface area contributed by atoms with Crippen molar-refractivity contribution in [3.05, 3.63) is 94.6 Å². The molecule has 0 aliphatic carbocycles. The van der Waals surface area contributed by atoms with Crippen LogP contribution >= 0.6 is 0 Å². The van der Waals surface area contributed by atoms with Crippen LogP contribution in [0.1, 0.15) is 79.8 Å². The van der Waals surface area contributed by atoms with Crippen LogP contribution in [-0.2, 0) is 45.4 Å². The molecule has 5 heterocycles. The SMILES string of the molecule is CCn1nc(C)cc1C(=O)Nc1nc2cc(C(N)=O)cc(OC)c2n1C/C=C/Cn1c(NC(=O)c2cc(C)nn2CC)nc2cc(C(N)=O)cc(OCCCN(C)C(=O)CNC(=O)CCN3C(=O)C=CC3=O)c21. The third-order valence-corrected chi connectivity index (χ3v) is 11.7. The Kier molecular flexibility index (Phi) is 15.8. The average Bonchev–Trinajstić information content (AvgIpc) is 4.18. The molecule has 7 rings (SSSR count). The van der Waals surface area contributed by atoms with Crippen LogP contribution in [0.15, 0.2) is 60.7 Å². The van der Waals surface area contributed by atoms with Gasteiger partial charge in [-0.2, -0.15) is 10.2 Å². The monoisotopic (exact) mass is 1000 g/mol. The predicted octanol–water partition coefficient (Wildman–Crippen LogP) is 2.06. The van der Waals surface area contributed by atoms with Gasteiger partial charge in [-0.05, 0) is 70.5 Å². The number of aromatic nitrogens is 8. The number of hydrogen-bond acceptors (Lipinski definition) is 14. The van der Waals surface area contributed by atoms with Gasteiger partial charge < -0.3 is 40.3 Å². The molecular weight excluding hydrogens is 947 g/mol. The van der Waals surface area contributed by atoms with Gasteiger partial charge in [0.1, 0.15) is 33.9 Å². The Morgan fingerprint density at radius 1 is 0.726 bits per heavy atom. The fraction of sp³-hybridized carbons (Fsp3) is 0.333. The summed E-state index contributed by atoms with van der Waals surface area (Å²) in [5, 5.41) is 17.1. The number of hydrogen-bond donors (Lipinski definition) is 5. The zero-order chi connectivity index (χ0) is 52.7. The number of anilines is 2. The van der Waals surface area contributed by atoms with Crippen LogP contribution in [0, 0.1) is 13.8 Å². The fourth-order valence-electron chi connectivity index (χ4n) is 8.06. The van der Waals surface area contributed by atoms with E-state index < -0.39 is 47.3 Å². The molecule has 382 valence electrons. The second-order valence-electron chi connectivity index (χ2n) is 16.8. The lowest BCUT2D eigenvalue weighted by Crippen LogP contribution is -2.40. The van der Waals surface area contributed by atoms with E-state index in [4.69, 9.17) is 25.9 Å². The lowest BCUT2D eigenvalue weighted by molar-refractivity contribution is -0.137. The summed E-state index contributed by atoms with van der Waals surface area (Å²) in [6, 6.07) is 9.22. The quantitative estimate of drug-likeness (QED) is 0.0349. The molecular formula is C48H55N15O10. The molecule has 25 heteroatoms. The number of carbonyl (C=O) groups is 8. The molecule has 2 aromatic carbocycles. The van der Waals surface area contributed by atoms with E-state index in [9.17, 15) is 38.4 Å². The van der Waals surface area contributed by atoms with Gasteiger partial charge in [0, 0.05) is 76.0 Å². The zero-order valence-corrected chi connectivity index (χ0v) is 41.1. The second kappa shape index (κ2) is 22.3. The Hall–Kier alpha value is -9.16. The highest BCUT2D eigenvalue weighted by Crippen LogP contribution is 2.33. The molecule has 1 aliphatic rings. The van der Waals surface area contributed by atoms with Crippen molar-refractivity contribution in [3.8, 4) is 11.5 Å². The van der Waals surface area contributed by atoms with Gasteiger partial charge in [-0.1, -0.05) is 12.2 Å². The van der Waals surface area contributed by atoms with Crippen LogP contribution in [0.25, 0.3) is 22.1 Å². The van der Waals surface area contributed by atoms with Gasteiger partial charge in [-0.3, -0.25) is 63.3 Å². The highest BCUT2D eigenvalue weighted by molar-refractivity contribution is 6.13. The smallest absolute Gasteiger partial charge is 0.276 e. The standard InChI is InChI=1S/C48H55N15O10/c1-7-62-33(20-27(3)56-62)45(70)54-47-52-31-22-29(43(49)68)24-35(72-6)41(31)60(47)16-9-10-17-61-42-32(53-48(61)55-46(71)34-21-28(4)57-63(34)8-2)23-30(44(50)69)25-36(42)73-19-11-15-58(5)40(67)26-51-37(64)14-18-59-38(65)12-13-39(59)66/h9-10,12-13,20-25H,7-8,11,14-19,26H2,1-6H3,(H2,49,68)(H2,50,69)(H,51,64)(H,52,54,70)(H,53,55,71)/b10-9+. The Morgan fingerprint density at radius 2 is 1.22 bits per heavy atom. The van der Waals surface area contributed by atoms with Gasteiger partial charge in [0.2, 0.25) is 35.5 Å². The van der Waals surface area contributed by atoms with Gasteiger partial charge in [0.25, 0.3) is 23.6 Å². The number of imide groups is 1. The molecule has 0 saturated carbocycles. The molecule has 1 aliphatic heterocycles. The summed E-state index contributed by atoms with van der Waals surface area (Å²) in [4.78, 5) is 113. The first-order valence-corrected chi connectivity index (χ1v) is 23.2. The largest absolute Gasteiger partial charge is 0.494 e. The third-order valence-electron chi connectivity index (χ3n) is 11.7. The van der Waals surface area contributed by atoms with E-state index in [0.29, 0.717) is 53.1 Å². The lowest BCUT2D eigenvalue weighted by Gasteiger charge is -2.18. The normalized spacial score (nSPS) is 12.3. The number of methoxy groups -OCH3 is 1. The molecule has 0 spiro atoms. The number of carbonyl (C=O) groups excluding carboxylic acids is 8. The third kappa shape index (κ3) is 11.6. The Balaban J connectivity index is 1.15. The maximum atomic E-state index is 13.9. The van der Waals surface area contributed by atoms with E-state index in [1.54, 1.807) is 63.7 Å². The van der Waals surface area contributed by atoms with Crippen LogP contribution in [0.3, 0.4) is 0 Å². The Morgan fingerprint density at radius 3 is 1.70 bits per heavy atom. The molecule has 0 radical (unpaired) electrons. The maximum Gasteiger partial charge on any atom is 0.276 e. The van der Waals surface area contributed by atoms with Crippen molar-refractivity contribution in [1.82, 2.24) is 53.8 Å². The molecule has 0 unspecified atom stereocenters. The number of primary amides is 2. The average molecular weight is 1000 g/mol. The summed E-state index contributed by atoms with van der Waals surface area (Å²) in [5.74, 6) is -3.72. The van der Waals surface area contributed by atoms with Crippen molar-refractivity contribution >= 4 is 81.2 Å². The molecule has 7 N–H and O–H groups in total. The summed E-state index contributed by atoms with van der Waals surface area (Å²) in [5.41, 5.74) is 14.9. The summed E-state index contributed by atoms with van der Waals surface area (Å²) < 4.78 is 18.5. The molecule has 0 saturated heterocycles. The highest BCUT2D eigenvalue weighted by atomic mass is 16.5. The summed E-state index contributed by atoms with van der Waals surface area (Å²) in [7, 11) is 2.98. The van der Waals surface area contributed by atoms with Crippen molar-refractivity contribution < 1.29 is 47.8 Å². The number of likely N-dealkylation sites (N-methyl/N-ethyl adjacent to an activating group) is 1. The summed E-state index contributed by atoms with van der Waals surface area (Å²) in [6.45, 7) is 8.05. The van der Waals surface area contributed by atoms with Crippen LogP contribution in [0.4, 0.5) is 11.9 Å². The first-order valence-electron chi connectivity index (χ1n) is 23.2. The first-order chi connectivity index (χ1) is 34.9. The lowest BCUT2D eigenvalue weighted by atomic mass is 10.1. The maximum absolute atomic E-state index is 13.9. The number of amides is 8. The van der Waals surface area contributed by atoms with Crippen molar-refractivity contribution in [1.29, 1.82) is 0 Å². The molecule has 6 aromatic rings. The topological polar surface area (TPSA) is 321 Å². The number of benzene rings is 2. The number of aryl methyl sites for hydroxylation is 4. The van der Waals surface area contributed by atoms with Crippen LogP contribution < -0.4 is 36.9 Å². The van der Waals surface area contributed by atoms with Gasteiger partial charge in [0.15, 0.2) is 0 Å².